The third-order valence-corrected chi connectivity index (χ3v) is 2.78. The van der Waals surface area contributed by atoms with Crippen molar-refractivity contribution < 1.29 is 31.8 Å². The van der Waals surface area contributed by atoms with Crippen LogP contribution in [0.5, 0.6) is 0 Å². The number of carbonyl (C=O) groups excluding carboxylic acids is 1. The number of carbonyl (C=O) groups is 2. The van der Waals surface area contributed by atoms with E-state index in [1.54, 1.807) is 0 Å². The standard InChI is InChI=1S/C10H10O7S/c1-5-6(2)8(4-3-7(5)9(11)12)10(13)17-18(14,15)16/h3-4H,1-2H3,(H,11,12)(H,14,15,16). The van der Waals surface area contributed by atoms with E-state index in [0.29, 0.717) is 5.56 Å². The summed E-state index contributed by atoms with van der Waals surface area (Å²) >= 11 is 0. The van der Waals surface area contributed by atoms with Gasteiger partial charge in [-0.05, 0) is 37.1 Å². The zero-order valence-corrected chi connectivity index (χ0v) is 10.3. The molecular formula is C10H10O7S. The summed E-state index contributed by atoms with van der Waals surface area (Å²) in [6, 6.07) is 2.28. The number of carboxylic acid groups (broad SMARTS) is 1. The number of hydrogen-bond donors (Lipinski definition) is 2. The van der Waals surface area contributed by atoms with E-state index in [1.807, 2.05) is 0 Å². The molecule has 7 nitrogen and oxygen atoms in total. The van der Waals surface area contributed by atoms with Gasteiger partial charge in [0.2, 0.25) is 0 Å². The second kappa shape index (κ2) is 4.75. The van der Waals surface area contributed by atoms with Crippen molar-refractivity contribution in [2.24, 2.45) is 0 Å². The summed E-state index contributed by atoms with van der Waals surface area (Å²) in [6.07, 6.45) is 0. The lowest BCUT2D eigenvalue weighted by Crippen LogP contribution is -2.14. The first kappa shape index (κ1) is 14.1. The largest absolute Gasteiger partial charge is 0.478 e. The molecule has 0 unspecified atom stereocenters. The van der Waals surface area contributed by atoms with Gasteiger partial charge >= 0.3 is 22.3 Å². The molecule has 0 radical (unpaired) electrons. The Morgan fingerprint density at radius 3 is 2.00 bits per heavy atom. The van der Waals surface area contributed by atoms with Crippen molar-refractivity contribution in [3.8, 4) is 0 Å². The molecule has 0 aliphatic heterocycles. The molecule has 0 aliphatic rings. The smallest absolute Gasteiger partial charge is 0.449 e. The number of rotatable bonds is 3. The Morgan fingerprint density at radius 2 is 1.56 bits per heavy atom. The minimum Gasteiger partial charge on any atom is -0.478 e. The van der Waals surface area contributed by atoms with E-state index >= 15 is 0 Å². The van der Waals surface area contributed by atoms with Crippen LogP contribution in [0.4, 0.5) is 0 Å². The molecule has 8 heteroatoms. The molecule has 1 aromatic rings. The molecule has 0 fully saturated rings. The van der Waals surface area contributed by atoms with Gasteiger partial charge in [-0.3, -0.25) is 4.55 Å². The Balaban J connectivity index is 3.25. The molecule has 0 atom stereocenters. The van der Waals surface area contributed by atoms with E-state index in [-0.39, 0.29) is 16.7 Å². The molecule has 0 saturated carbocycles. The molecular weight excluding hydrogens is 264 g/mol. The van der Waals surface area contributed by atoms with Gasteiger partial charge in [-0.1, -0.05) is 0 Å². The molecule has 1 aromatic carbocycles. The maximum atomic E-state index is 11.4. The molecule has 1 rings (SSSR count). The van der Waals surface area contributed by atoms with Crippen LogP contribution in [0.2, 0.25) is 0 Å². The molecule has 0 spiro atoms. The lowest BCUT2D eigenvalue weighted by atomic mass is 9.98. The van der Waals surface area contributed by atoms with Crippen molar-refractivity contribution in [2.75, 3.05) is 0 Å². The predicted molar refractivity (Wildman–Crippen MR) is 59.8 cm³/mol. The zero-order valence-electron chi connectivity index (χ0n) is 9.50. The van der Waals surface area contributed by atoms with Crippen LogP contribution in [0.1, 0.15) is 31.8 Å². The fourth-order valence-corrected chi connectivity index (χ4v) is 1.70. The van der Waals surface area contributed by atoms with Crippen molar-refractivity contribution in [1.29, 1.82) is 0 Å². The summed E-state index contributed by atoms with van der Waals surface area (Å²) in [7, 11) is -4.89. The van der Waals surface area contributed by atoms with Crippen LogP contribution in [-0.4, -0.2) is 30.0 Å². The van der Waals surface area contributed by atoms with E-state index in [4.69, 9.17) is 9.66 Å². The van der Waals surface area contributed by atoms with Crippen LogP contribution < -0.4 is 0 Å². The van der Waals surface area contributed by atoms with Crippen molar-refractivity contribution in [3.63, 3.8) is 0 Å². The average molecular weight is 274 g/mol. The molecule has 98 valence electrons. The maximum Gasteiger partial charge on any atom is 0.449 e. The topological polar surface area (TPSA) is 118 Å². The second-order valence-corrected chi connectivity index (χ2v) is 4.54. The van der Waals surface area contributed by atoms with Crippen molar-refractivity contribution in [3.05, 3.63) is 34.4 Å². The van der Waals surface area contributed by atoms with Gasteiger partial charge < -0.3 is 9.29 Å². The molecule has 0 heterocycles. The summed E-state index contributed by atoms with van der Waals surface area (Å²) in [5.74, 6) is -2.43. The van der Waals surface area contributed by atoms with Crippen LogP contribution in [0.3, 0.4) is 0 Å². The highest BCUT2D eigenvalue weighted by molar-refractivity contribution is 7.81. The molecule has 0 aliphatic carbocycles. The quantitative estimate of drug-likeness (QED) is 0.788. The Labute approximate surface area is 103 Å². The highest BCUT2D eigenvalue weighted by atomic mass is 32.3. The normalized spacial score (nSPS) is 11.1. The first-order valence-electron chi connectivity index (χ1n) is 4.68. The number of aromatic carboxylic acids is 1. The van der Waals surface area contributed by atoms with Crippen LogP contribution in [0.15, 0.2) is 12.1 Å². The Kier molecular flexibility index (Phi) is 3.73. The van der Waals surface area contributed by atoms with Gasteiger partial charge in [0.25, 0.3) is 0 Å². The van der Waals surface area contributed by atoms with Crippen LogP contribution in [0, 0.1) is 13.8 Å². The fraction of sp³-hybridized carbons (Fsp3) is 0.200. The number of carboxylic acids is 1. The van der Waals surface area contributed by atoms with Gasteiger partial charge in [0.1, 0.15) is 0 Å². The molecule has 18 heavy (non-hydrogen) atoms. The highest BCUT2D eigenvalue weighted by Gasteiger charge is 2.20. The van der Waals surface area contributed by atoms with Crippen molar-refractivity contribution >= 4 is 22.3 Å². The first-order chi connectivity index (χ1) is 8.13. The minimum absolute atomic E-state index is 0.00379. The number of hydrogen-bond acceptors (Lipinski definition) is 5. The lowest BCUT2D eigenvalue weighted by Gasteiger charge is -2.09. The van der Waals surface area contributed by atoms with Crippen LogP contribution in [0.25, 0.3) is 0 Å². The summed E-state index contributed by atoms with van der Waals surface area (Å²) in [5, 5.41) is 8.85. The maximum absolute atomic E-state index is 11.4. The third kappa shape index (κ3) is 3.05. The Bertz CT molecular complexity index is 615. The summed E-state index contributed by atoms with van der Waals surface area (Å²) < 4.78 is 33.0. The molecule has 0 amide bonds. The second-order valence-electron chi connectivity index (χ2n) is 3.51. The summed E-state index contributed by atoms with van der Waals surface area (Å²) in [5.41, 5.74) is 0.446. The van der Waals surface area contributed by atoms with Gasteiger partial charge in [-0.25, -0.2) is 9.59 Å². The Hall–Kier alpha value is -1.93. The number of benzene rings is 1. The predicted octanol–water partition coefficient (Wildman–Crippen LogP) is 0.961. The van der Waals surface area contributed by atoms with E-state index < -0.39 is 22.3 Å². The molecule has 0 bridgehead atoms. The van der Waals surface area contributed by atoms with Gasteiger partial charge in [0, 0.05) is 0 Å². The SMILES string of the molecule is Cc1c(C(=O)O)ccc(C(=O)OS(=O)(=O)O)c1C. The zero-order chi connectivity index (χ0) is 14.1. The molecule has 0 saturated heterocycles. The van der Waals surface area contributed by atoms with Crippen molar-refractivity contribution in [2.45, 2.75) is 13.8 Å². The molecule has 2 N–H and O–H groups in total. The van der Waals surface area contributed by atoms with E-state index in [1.165, 1.54) is 13.8 Å². The summed E-state index contributed by atoms with van der Waals surface area (Å²) in [4.78, 5) is 22.2. The highest BCUT2D eigenvalue weighted by Crippen LogP contribution is 2.19. The summed E-state index contributed by atoms with van der Waals surface area (Å²) in [6.45, 7) is 2.92. The van der Waals surface area contributed by atoms with Crippen LogP contribution >= 0.6 is 0 Å². The van der Waals surface area contributed by atoms with Gasteiger partial charge in [0.15, 0.2) is 0 Å². The van der Waals surface area contributed by atoms with Gasteiger partial charge in [-0.2, -0.15) is 8.42 Å². The monoisotopic (exact) mass is 274 g/mol. The first-order valence-corrected chi connectivity index (χ1v) is 6.04. The van der Waals surface area contributed by atoms with Crippen LogP contribution in [-0.2, 0) is 14.6 Å². The lowest BCUT2D eigenvalue weighted by molar-refractivity contribution is 0.0688. The van der Waals surface area contributed by atoms with Gasteiger partial charge in [-0.15, -0.1) is 0 Å². The molecule has 0 aromatic heterocycles. The third-order valence-electron chi connectivity index (χ3n) is 2.42. The van der Waals surface area contributed by atoms with E-state index in [9.17, 15) is 18.0 Å². The van der Waals surface area contributed by atoms with E-state index in [0.717, 1.165) is 12.1 Å². The minimum atomic E-state index is -4.89. The van der Waals surface area contributed by atoms with Crippen molar-refractivity contribution in [1.82, 2.24) is 0 Å². The Morgan fingerprint density at radius 1 is 1.11 bits per heavy atom. The van der Waals surface area contributed by atoms with Gasteiger partial charge in [0.05, 0.1) is 11.1 Å². The average Bonchev–Trinajstić information content (AvgIpc) is 2.18. The fourth-order valence-electron chi connectivity index (χ4n) is 1.41. The van der Waals surface area contributed by atoms with E-state index in [2.05, 4.69) is 4.18 Å².